The number of fused-ring (bicyclic) bond motifs is 1. The fourth-order valence-corrected chi connectivity index (χ4v) is 3.21. The summed E-state index contributed by atoms with van der Waals surface area (Å²) in [6.07, 6.45) is 0.895. The molecule has 1 aromatic heterocycles. The van der Waals surface area contributed by atoms with E-state index in [0.29, 0.717) is 18.1 Å². The molecule has 1 atom stereocenters. The summed E-state index contributed by atoms with van der Waals surface area (Å²) in [4.78, 5) is 12.3. The van der Waals surface area contributed by atoms with Crippen LogP contribution in [-0.2, 0) is 4.79 Å². The number of Topliss-reactive ketones (excluding diaryl/α,β-unsaturated/α-hetero) is 1. The number of ether oxygens (including phenoxy) is 1. The van der Waals surface area contributed by atoms with E-state index in [4.69, 9.17) is 4.74 Å². The number of hydrogen-bond acceptors (Lipinski definition) is 6. The molecule has 0 bridgehead atoms. The molecule has 7 nitrogen and oxygen atoms in total. The van der Waals surface area contributed by atoms with Crippen molar-refractivity contribution >= 4 is 27.7 Å². The molecular formula is C16H18BrN5O2. The van der Waals surface area contributed by atoms with Gasteiger partial charge in [0.2, 0.25) is 5.95 Å². The Balaban J connectivity index is 2.19. The lowest BCUT2D eigenvalue weighted by atomic mass is 9.92. The highest BCUT2D eigenvalue weighted by Gasteiger charge is 2.34. The summed E-state index contributed by atoms with van der Waals surface area (Å²) in [7, 11) is 0. The number of nitrogens with one attached hydrogen (secondary N) is 1. The normalized spacial score (nSPS) is 16.6. The first-order valence-electron chi connectivity index (χ1n) is 7.71. The molecule has 2 heterocycles. The van der Waals surface area contributed by atoms with Crippen molar-refractivity contribution in [2.45, 2.75) is 33.2 Å². The van der Waals surface area contributed by atoms with Crippen molar-refractivity contribution in [3.63, 3.8) is 0 Å². The van der Waals surface area contributed by atoms with Crippen LogP contribution in [0.4, 0.5) is 5.95 Å². The molecule has 0 fully saturated rings. The van der Waals surface area contributed by atoms with Crippen molar-refractivity contribution in [3.8, 4) is 5.75 Å². The van der Waals surface area contributed by atoms with Crippen LogP contribution >= 0.6 is 15.9 Å². The van der Waals surface area contributed by atoms with Crippen LogP contribution in [0.3, 0.4) is 0 Å². The zero-order valence-electron chi connectivity index (χ0n) is 13.7. The highest BCUT2D eigenvalue weighted by molar-refractivity contribution is 9.10. The molecule has 24 heavy (non-hydrogen) atoms. The standard InChI is InChI=1S/C16H18BrN5O2/c1-4-7-24-13-6-5-11(17)8-12(13)15-14(10(3)23)9(2)18-16-19-20-21-22(15)16/h5-6,8,15H,4,7H2,1-3H3,(H,18,19,21). The predicted octanol–water partition coefficient (Wildman–Crippen LogP) is 3.10. The van der Waals surface area contributed by atoms with Crippen LogP contribution in [0.2, 0.25) is 0 Å². The summed E-state index contributed by atoms with van der Waals surface area (Å²) in [6, 6.07) is 5.33. The molecule has 0 aliphatic carbocycles. The topological polar surface area (TPSA) is 81.9 Å². The van der Waals surface area contributed by atoms with Crippen molar-refractivity contribution in [2.24, 2.45) is 0 Å². The third-order valence-electron chi connectivity index (χ3n) is 3.82. The summed E-state index contributed by atoms with van der Waals surface area (Å²) < 4.78 is 8.41. The highest BCUT2D eigenvalue weighted by atomic mass is 79.9. The van der Waals surface area contributed by atoms with Gasteiger partial charge >= 0.3 is 0 Å². The summed E-state index contributed by atoms with van der Waals surface area (Å²) in [5.41, 5.74) is 2.21. The number of ketones is 1. The second-order valence-electron chi connectivity index (χ2n) is 5.60. The summed E-state index contributed by atoms with van der Waals surface area (Å²) in [5, 5.41) is 14.9. The van der Waals surface area contributed by atoms with Crippen LogP contribution in [0, 0.1) is 0 Å². The number of nitrogens with zero attached hydrogens (tertiary/aromatic N) is 4. The lowest BCUT2D eigenvalue weighted by Gasteiger charge is -2.28. The molecular weight excluding hydrogens is 374 g/mol. The molecule has 1 aromatic carbocycles. The second kappa shape index (κ2) is 6.72. The van der Waals surface area contributed by atoms with Gasteiger partial charge in [0.05, 0.1) is 6.61 Å². The van der Waals surface area contributed by atoms with Crippen LogP contribution in [0.25, 0.3) is 0 Å². The highest BCUT2D eigenvalue weighted by Crippen LogP contribution is 2.39. The number of hydrogen-bond donors (Lipinski definition) is 1. The molecule has 1 unspecified atom stereocenters. The number of tetrazole rings is 1. The minimum absolute atomic E-state index is 0.0347. The van der Waals surface area contributed by atoms with Gasteiger partial charge in [-0.2, -0.15) is 4.68 Å². The molecule has 3 rings (SSSR count). The van der Waals surface area contributed by atoms with E-state index in [1.165, 1.54) is 0 Å². The Morgan fingerprint density at radius 2 is 2.25 bits per heavy atom. The van der Waals surface area contributed by atoms with Gasteiger partial charge in [-0.25, -0.2) is 0 Å². The van der Waals surface area contributed by atoms with Crippen molar-refractivity contribution in [1.82, 2.24) is 20.2 Å². The van der Waals surface area contributed by atoms with Gasteiger partial charge in [0.15, 0.2) is 5.78 Å². The van der Waals surface area contributed by atoms with Crippen LogP contribution in [-0.4, -0.2) is 32.6 Å². The van der Waals surface area contributed by atoms with E-state index in [1.807, 2.05) is 32.0 Å². The average molecular weight is 392 g/mol. The summed E-state index contributed by atoms with van der Waals surface area (Å²) >= 11 is 3.50. The van der Waals surface area contributed by atoms with Crippen LogP contribution in [0.5, 0.6) is 5.75 Å². The summed E-state index contributed by atoms with van der Waals surface area (Å²) in [5.74, 6) is 1.19. The lowest BCUT2D eigenvalue weighted by molar-refractivity contribution is -0.114. The number of carbonyl (C=O) groups excluding carboxylic acids is 1. The zero-order valence-corrected chi connectivity index (χ0v) is 15.3. The molecule has 0 spiro atoms. The third kappa shape index (κ3) is 2.93. The fraction of sp³-hybridized carbons (Fsp3) is 0.375. The number of allylic oxidation sites excluding steroid dienone is 2. The van der Waals surface area contributed by atoms with E-state index in [2.05, 4.69) is 36.8 Å². The number of anilines is 1. The third-order valence-corrected chi connectivity index (χ3v) is 4.31. The van der Waals surface area contributed by atoms with Gasteiger partial charge in [-0.3, -0.25) is 4.79 Å². The van der Waals surface area contributed by atoms with Gasteiger partial charge in [0, 0.05) is 21.3 Å². The van der Waals surface area contributed by atoms with Crippen LogP contribution in [0.15, 0.2) is 33.9 Å². The quantitative estimate of drug-likeness (QED) is 0.842. The maximum absolute atomic E-state index is 12.3. The molecule has 0 saturated heterocycles. The van der Waals surface area contributed by atoms with Gasteiger partial charge in [0.1, 0.15) is 11.8 Å². The Morgan fingerprint density at radius 3 is 2.96 bits per heavy atom. The Hall–Kier alpha value is -2.22. The van der Waals surface area contributed by atoms with E-state index >= 15 is 0 Å². The van der Waals surface area contributed by atoms with Crippen molar-refractivity contribution < 1.29 is 9.53 Å². The van der Waals surface area contributed by atoms with Gasteiger partial charge in [-0.05, 0) is 48.9 Å². The molecule has 0 amide bonds. The van der Waals surface area contributed by atoms with Gasteiger partial charge < -0.3 is 10.1 Å². The maximum Gasteiger partial charge on any atom is 0.248 e. The summed E-state index contributed by atoms with van der Waals surface area (Å²) in [6.45, 7) is 6.05. The van der Waals surface area contributed by atoms with Crippen molar-refractivity contribution in [2.75, 3.05) is 11.9 Å². The lowest BCUT2D eigenvalue weighted by Crippen LogP contribution is -2.28. The number of aromatic nitrogens is 4. The molecule has 0 saturated carbocycles. The molecule has 1 aliphatic rings. The van der Waals surface area contributed by atoms with Crippen molar-refractivity contribution in [1.29, 1.82) is 0 Å². The molecule has 126 valence electrons. The monoisotopic (exact) mass is 391 g/mol. The largest absolute Gasteiger partial charge is 0.493 e. The number of carbonyl (C=O) groups is 1. The minimum atomic E-state index is -0.432. The SMILES string of the molecule is CCCOc1ccc(Br)cc1C1C(C(C)=O)=C(C)Nc2nnnn21. The van der Waals surface area contributed by atoms with E-state index < -0.39 is 6.04 Å². The van der Waals surface area contributed by atoms with E-state index in [-0.39, 0.29) is 5.78 Å². The van der Waals surface area contributed by atoms with Gasteiger partial charge in [0.25, 0.3) is 0 Å². The Labute approximate surface area is 148 Å². The fourth-order valence-electron chi connectivity index (χ4n) is 2.83. The number of halogens is 1. The molecule has 1 aliphatic heterocycles. The first-order valence-corrected chi connectivity index (χ1v) is 8.51. The van der Waals surface area contributed by atoms with E-state index in [1.54, 1.807) is 11.6 Å². The second-order valence-corrected chi connectivity index (χ2v) is 6.52. The van der Waals surface area contributed by atoms with Crippen LogP contribution in [0.1, 0.15) is 38.8 Å². The van der Waals surface area contributed by atoms with E-state index in [0.717, 1.165) is 27.9 Å². The van der Waals surface area contributed by atoms with Crippen LogP contribution < -0.4 is 10.1 Å². The smallest absolute Gasteiger partial charge is 0.248 e. The maximum atomic E-state index is 12.3. The predicted molar refractivity (Wildman–Crippen MR) is 92.9 cm³/mol. The Bertz CT molecular complexity index is 815. The molecule has 8 heteroatoms. The molecule has 1 N–H and O–H groups in total. The average Bonchev–Trinajstić information content (AvgIpc) is 2.99. The van der Waals surface area contributed by atoms with E-state index in [9.17, 15) is 4.79 Å². The minimum Gasteiger partial charge on any atom is -0.493 e. The number of benzene rings is 1. The van der Waals surface area contributed by atoms with Gasteiger partial charge in [-0.1, -0.05) is 28.0 Å². The Kier molecular flexibility index (Phi) is 4.66. The molecule has 2 aromatic rings. The first-order chi connectivity index (χ1) is 11.5. The number of rotatable bonds is 5. The van der Waals surface area contributed by atoms with Crippen molar-refractivity contribution in [3.05, 3.63) is 39.5 Å². The molecule has 0 radical (unpaired) electrons. The first kappa shape index (κ1) is 16.6. The zero-order chi connectivity index (χ0) is 17.3. The Morgan fingerprint density at radius 1 is 1.46 bits per heavy atom. The van der Waals surface area contributed by atoms with Gasteiger partial charge in [-0.15, -0.1) is 0 Å².